The molecular weight excluding hydrogens is 340 g/mol. The highest BCUT2D eigenvalue weighted by Gasteiger charge is 2.40. The fourth-order valence-corrected chi connectivity index (χ4v) is 4.75. The molecule has 0 N–H and O–H groups in total. The summed E-state index contributed by atoms with van der Waals surface area (Å²) in [5.41, 5.74) is 1.16. The molecule has 3 fully saturated rings. The van der Waals surface area contributed by atoms with Crippen molar-refractivity contribution in [1.82, 2.24) is 24.7 Å². The van der Waals surface area contributed by atoms with E-state index in [9.17, 15) is 4.79 Å². The normalized spacial score (nSPS) is 26.8. The Bertz CT molecular complexity index is 641. The van der Waals surface area contributed by atoms with E-state index in [1.807, 2.05) is 31.1 Å². The molecule has 1 aromatic rings. The number of carbonyl (C=O) groups excluding carboxylic acids is 1. The highest BCUT2D eigenvalue weighted by atomic mass is 16.2. The van der Waals surface area contributed by atoms with Gasteiger partial charge in [0.25, 0.3) is 0 Å². The molecule has 0 saturated carbocycles. The molecule has 0 spiro atoms. The van der Waals surface area contributed by atoms with Crippen molar-refractivity contribution in [1.29, 1.82) is 0 Å². The van der Waals surface area contributed by atoms with E-state index in [1.54, 1.807) is 0 Å². The van der Waals surface area contributed by atoms with Crippen LogP contribution in [0.2, 0.25) is 0 Å². The smallest absolute Gasteiger partial charge is 0.225 e. The lowest BCUT2D eigenvalue weighted by Gasteiger charge is -2.39. The van der Waals surface area contributed by atoms with Crippen LogP contribution in [0, 0.1) is 5.92 Å². The van der Waals surface area contributed by atoms with Gasteiger partial charge in [-0.2, -0.15) is 0 Å². The maximum atomic E-state index is 12.1. The van der Waals surface area contributed by atoms with Gasteiger partial charge in [-0.25, -0.2) is 9.97 Å². The summed E-state index contributed by atoms with van der Waals surface area (Å²) in [5.74, 6) is 1.25. The Balaban J connectivity index is 1.32. The van der Waals surface area contributed by atoms with Crippen molar-refractivity contribution >= 4 is 11.9 Å². The fourth-order valence-electron chi connectivity index (χ4n) is 4.75. The number of anilines is 1. The Labute approximate surface area is 162 Å². The van der Waals surface area contributed by atoms with Crippen LogP contribution in [0.5, 0.6) is 0 Å². The first-order valence-electron chi connectivity index (χ1n) is 10.3. The van der Waals surface area contributed by atoms with E-state index in [1.165, 1.54) is 12.8 Å². The van der Waals surface area contributed by atoms with Crippen LogP contribution in [-0.4, -0.2) is 89.0 Å². The van der Waals surface area contributed by atoms with Gasteiger partial charge in [-0.3, -0.25) is 9.69 Å². The summed E-state index contributed by atoms with van der Waals surface area (Å²) >= 11 is 0. The molecule has 27 heavy (non-hydrogen) atoms. The van der Waals surface area contributed by atoms with E-state index in [0.29, 0.717) is 12.1 Å². The topological polar surface area (TPSA) is 55.8 Å². The van der Waals surface area contributed by atoms with Crippen LogP contribution >= 0.6 is 0 Å². The number of nitrogens with zero attached hydrogens (tertiary/aromatic N) is 6. The lowest BCUT2D eigenvalue weighted by Crippen LogP contribution is -2.53. The third-order valence-corrected chi connectivity index (χ3v) is 6.17. The number of hydrogen-bond acceptors (Lipinski definition) is 6. The molecule has 0 radical (unpaired) electrons. The molecule has 7 nitrogen and oxygen atoms in total. The molecule has 148 valence electrons. The predicted octanol–water partition coefficient (Wildman–Crippen LogP) is 1.06. The highest BCUT2D eigenvalue weighted by molar-refractivity contribution is 5.78. The molecule has 2 bridgehead atoms. The standard InChI is InChI=1S/C20H32N6O/c1-15(2)19(27)25-8-6-24(7-9-25)12-16-10-21-20(22-11-16)26-17-4-5-18(26)14-23(3)13-17/h10-11,15,17-18H,4-9,12-14H2,1-3H3. The second kappa shape index (κ2) is 7.72. The van der Waals surface area contributed by atoms with Gasteiger partial charge in [-0.1, -0.05) is 13.8 Å². The van der Waals surface area contributed by atoms with Crippen LogP contribution in [0.1, 0.15) is 32.3 Å². The van der Waals surface area contributed by atoms with Crippen molar-refractivity contribution in [3.63, 3.8) is 0 Å². The van der Waals surface area contributed by atoms with Crippen molar-refractivity contribution in [2.24, 2.45) is 5.92 Å². The van der Waals surface area contributed by atoms with Gasteiger partial charge in [0.2, 0.25) is 11.9 Å². The van der Waals surface area contributed by atoms with Gasteiger partial charge in [0.15, 0.2) is 0 Å². The predicted molar refractivity (Wildman–Crippen MR) is 106 cm³/mol. The maximum absolute atomic E-state index is 12.1. The quantitative estimate of drug-likeness (QED) is 0.788. The number of likely N-dealkylation sites (tertiary alicyclic amines) is 1. The van der Waals surface area contributed by atoms with E-state index in [0.717, 1.165) is 57.3 Å². The molecule has 3 aliphatic heterocycles. The van der Waals surface area contributed by atoms with E-state index in [-0.39, 0.29) is 11.8 Å². The van der Waals surface area contributed by atoms with Gasteiger partial charge >= 0.3 is 0 Å². The number of piperazine rings is 2. The number of rotatable bonds is 4. The second-order valence-electron chi connectivity index (χ2n) is 8.66. The summed E-state index contributed by atoms with van der Waals surface area (Å²) in [7, 11) is 2.21. The van der Waals surface area contributed by atoms with Crippen LogP contribution < -0.4 is 4.90 Å². The van der Waals surface area contributed by atoms with E-state index >= 15 is 0 Å². The minimum atomic E-state index is 0.0855. The molecule has 0 aliphatic carbocycles. The second-order valence-corrected chi connectivity index (χ2v) is 8.66. The number of amides is 1. The molecule has 3 aliphatic rings. The summed E-state index contributed by atoms with van der Waals surface area (Å²) in [4.78, 5) is 30.8. The number of hydrogen-bond donors (Lipinski definition) is 0. The van der Waals surface area contributed by atoms with Crippen molar-refractivity contribution in [3.8, 4) is 0 Å². The molecular formula is C20H32N6O. The largest absolute Gasteiger partial charge is 0.340 e. The van der Waals surface area contributed by atoms with Gasteiger partial charge < -0.3 is 14.7 Å². The Hall–Kier alpha value is -1.73. The van der Waals surface area contributed by atoms with Crippen LogP contribution in [-0.2, 0) is 11.3 Å². The van der Waals surface area contributed by atoms with Gasteiger partial charge in [-0.15, -0.1) is 0 Å². The Kier molecular flexibility index (Phi) is 5.32. The number of fused-ring (bicyclic) bond motifs is 2. The number of likely N-dealkylation sites (N-methyl/N-ethyl adjacent to an activating group) is 1. The molecule has 0 aromatic carbocycles. The third kappa shape index (κ3) is 3.94. The molecule has 1 amide bonds. The minimum absolute atomic E-state index is 0.0855. The molecule has 4 heterocycles. The Morgan fingerprint density at radius 2 is 1.67 bits per heavy atom. The zero-order chi connectivity index (χ0) is 19.0. The summed E-state index contributed by atoms with van der Waals surface area (Å²) < 4.78 is 0. The van der Waals surface area contributed by atoms with Crippen molar-refractivity contribution in [2.45, 2.75) is 45.3 Å². The summed E-state index contributed by atoms with van der Waals surface area (Å²) in [5, 5.41) is 0. The lowest BCUT2D eigenvalue weighted by molar-refractivity contribution is -0.136. The highest BCUT2D eigenvalue weighted by Crippen LogP contribution is 2.32. The first-order chi connectivity index (χ1) is 13.0. The Morgan fingerprint density at radius 3 is 2.22 bits per heavy atom. The zero-order valence-corrected chi connectivity index (χ0v) is 16.8. The molecule has 2 atom stereocenters. The SMILES string of the molecule is CC(C)C(=O)N1CCN(Cc2cnc(N3C4CCC3CN(C)C4)nc2)CC1. The van der Waals surface area contributed by atoms with E-state index in [4.69, 9.17) is 9.97 Å². The third-order valence-electron chi connectivity index (χ3n) is 6.17. The molecule has 4 rings (SSSR count). The van der Waals surface area contributed by atoms with Crippen molar-refractivity contribution in [3.05, 3.63) is 18.0 Å². The minimum Gasteiger partial charge on any atom is -0.340 e. The van der Waals surface area contributed by atoms with E-state index in [2.05, 4.69) is 21.7 Å². The summed E-state index contributed by atoms with van der Waals surface area (Å²) in [6.45, 7) is 10.5. The maximum Gasteiger partial charge on any atom is 0.225 e. The number of carbonyl (C=O) groups is 1. The first-order valence-corrected chi connectivity index (χ1v) is 10.3. The van der Waals surface area contributed by atoms with Crippen molar-refractivity contribution < 1.29 is 4.79 Å². The average Bonchev–Trinajstić information content (AvgIpc) is 2.93. The monoisotopic (exact) mass is 372 g/mol. The average molecular weight is 373 g/mol. The molecule has 7 heteroatoms. The summed E-state index contributed by atoms with van der Waals surface area (Å²) in [6, 6.07) is 1.12. The van der Waals surface area contributed by atoms with Gasteiger partial charge in [-0.05, 0) is 19.9 Å². The molecule has 3 saturated heterocycles. The van der Waals surface area contributed by atoms with Gasteiger partial charge in [0.05, 0.1) is 0 Å². The van der Waals surface area contributed by atoms with E-state index < -0.39 is 0 Å². The number of aromatic nitrogens is 2. The van der Waals surface area contributed by atoms with Crippen LogP contribution in [0.15, 0.2) is 12.4 Å². The fraction of sp³-hybridized carbons (Fsp3) is 0.750. The van der Waals surface area contributed by atoms with Crippen LogP contribution in [0.4, 0.5) is 5.95 Å². The zero-order valence-electron chi connectivity index (χ0n) is 16.8. The lowest BCUT2D eigenvalue weighted by atomic mass is 10.1. The van der Waals surface area contributed by atoms with Crippen LogP contribution in [0.3, 0.4) is 0 Å². The Morgan fingerprint density at radius 1 is 1.07 bits per heavy atom. The molecule has 1 aromatic heterocycles. The first kappa shape index (κ1) is 18.6. The van der Waals surface area contributed by atoms with Crippen LogP contribution in [0.25, 0.3) is 0 Å². The summed E-state index contributed by atoms with van der Waals surface area (Å²) in [6.07, 6.45) is 6.48. The van der Waals surface area contributed by atoms with Gasteiger partial charge in [0.1, 0.15) is 0 Å². The van der Waals surface area contributed by atoms with Crippen molar-refractivity contribution in [2.75, 3.05) is 51.2 Å². The molecule has 2 unspecified atom stereocenters. The van der Waals surface area contributed by atoms with Gasteiger partial charge in [0, 0.05) is 81.8 Å².